The van der Waals surface area contributed by atoms with Crippen molar-refractivity contribution in [3.05, 3.63) is 0 Å². The highest BCUT2D eigenvalue weighted by atomic mass is 16.2. The normalized spacial score (nSPS) is 58.0. The number of rotatable bonds is 0. The van der Waals surface area contributed by atoms with E-state index < -0.39 is 0 Å². The van der Waals surface area contributed by atoms with Crippen LogP contribution in [0.5, 0.6) is 0 Å². The van der Waals surface area contributed by atoms with Crippen molar-refractivity contribution in [2.75, 3.05) is 0 Å². The molecule has 0 aromatic heterocycles. The molecule has 0 heterocycles. The molecule has 2 bridgehead atoms. The Balaban J connectivity index is 2.11. The van der Waals surface area contributed by atoms with E-state index in [1.54, 1.807) is 0 Å². The van der Waals surface area contributed by atoms with Crippen molar-refractivity contribution in [3.8, 4) is 0 Å². The van der Waals surface area contributed by atoms with Crippen molar-refractivity contribution in [1.29, 1.82) is 0 Å². The van der Waals surface area contributed by atoms with Gasteiger partial charge in [0.1, 0.15) is 11.6 Å². The van der Waals surface area contributed by atoms with Crippen molar-refractivity contribution >= 4 is 11.6 Å². The number of fused-ring (bicyclic) bond motifs is 2. The molecular formula is C11H14O2. The van der Waals surface area contributed by atoms with Gasteiger partial charge in [0.2, 0.25) is 0 Å². The Kier molecular flexibility index (Phi) is 1.04. The van der Waals surface area contributed by atoms with Gasteiger partial charge in [-0.3, -0.25) is 9.59 Å². The van der Waals surface area contributed by atoms with E-state index in [0.29, 0.717) is 18.8 Å². The van der Waals surface area contributed by atoms with Gasteiger partial charge < -0.3 is 0 Å². The Morgan fingerprint density at radius 1 is 1.08 bits per heavy atom. The molecule has 3 aliphatic carbocycles. The summed E-state index contributed by atoms with van der Waals surface area (Å²) in [5, 5.41) is 0. The first kappa shape index (κ1) is 7.72. The molecule has 2 heteroatoms. The summed E-state index contributed by atoms with van der Waals surface area (Å²) >= 11 is 0. The molecule has 2 unspecified atom stereocenters. The van der Waals surface area contributed by atoms with Crippen LogP contribution in [0.4, 0.5) is 0 Å². The third-order valence-electron chi connectivity index (χ3n) is 5.09. The van der Waals surface area contributed by atoms with Gasteiger partial charge in [0.15, 0.2) is 0 Å². The van der Waals surface area contributed by atoms with E-state index in [1.807, 2.05) is 0 Å². The molecule has 0 amide bonds. The zero-order valence-electron chi connectivity index (χ0n) is 8.09. The molecule has 13 heavy (non-hydrogen) atoms. The second-order valence-electron chi connectivity index (χ2n) is 5.46. The van der Waals surface area contributed by atoms with E-state index in [1.165, 1.54) is 0 Å². The lowest BCUT2D eigenvalue weighted by Gasteiger charge is -2.23. The fourth-order valence-electron chi connectivity index (χ4n) is 3.89. The quantitative estimate of drug-likeness (QED) is 0.528. The van der Waals surface area contributed by atoms with Gasteiger partial charge in [0.05, 0.1) is 5.92 Å². The van der Waals surface area contributed by atoms with Crippen LogP contribution < -0.4 is 0 Å². The van der Waals surface area contributed by atoms with Crippen LogP contribution in [0, 0.1) is 22.7 Å². The average Bonchev–Trinajstić information content (AvgIpc) is 2.49. The number of carbonyl (C=O) groups excluding carboxylic acids is 2. The van der Waals surface area contributed by atoms with Crippen molar-refractivity contribution in [2.24, 2.45) is 22.7 Å². The highest BCUT2D eigenvalue weighted by Gasteiger charge is 2.76. The lowest BCUT2D eigenvalue weighted by Crippen LogP contribution is -2.31. The van der Waals surface area contributed by atoms with Gasteiger partial charge >= 0.3 is 0 Å². The Morgan fingerprint density at radius 3 is 2.00 bits per heavy atom. The van der Waals surface area contributed by atoms with Crippen molar-refractivity contribution in [2.45, 2.75) is 33.1 Å². The minimum atomic E-state index is -0.214. The van der Waals surface area contributed by atoms with Crippen LogP contribution in [0.1, 0.15) is 33.1 Å². The number of Topliss-reactive ketones (excluding diaryl/α,β-unsaturated/α-hetero) is 2. The van der Waals surface area contributed by atoms with Crippen molar-refractivity contribution in [3.63, 3.8) is 0 Å². The maximum Gasteiger partial charge on any atom is 0.143 e. The summed E-state index contributed by atoms with van der Waals surface area (Å²) in [6, 6.07) is 0. The molecular weight excluding hydrogens is 164 g/mol. The van der Waals surface area contributed by atoms with E-state index in [4.69, 9.17) is 0 Å². The van der Waals surface area contributed by atoms with Crippen LogP contribution in [0.2, 0.25) is 0 Å². The summed E-state index contributed by atoms with van der Waals surface area (Å²) < 4.78 is 0. The molecule has 3 fully saturated rings. The summed E-state index contributed by atoms with van der Waals surface area (Å²) in [7, 11) is 0. The SMILES string of the molecule is CC12CC(=O)C3CC1C2(C)CC3=O. The minimum Gasteiger partial charge on any atom is -0.299 e. The van der Waals surface area contributed by atoms with Crippen LogP contribution in [0.3, 0.4) is 0 Å². The molecule has 2 atom stereocenters. The maximum atomic E-state index is 11.6. The van der Waals surface area contributed by atoms with Gasteiger partial charge in [-0.1, -0.05) is 13.8 Å². The van der Waals surface area contributed by atoms with Crippen molar-refractivity contribution in [1.82, 2.24) is 0 Å². The molecule has 70 valence electrons. The predicted octanol–water partition coefficient (Wildman–Crippen LogP) is 1.58. The third kappa shape index (κ3) is 0.608. The van der Waals surface area contributed by atoms with Gasteiger partial charge in [0, 0.05) is 12.8 Å². The Morgan fingerprint density at radius 2 is 1.54 bits per heavy atom. The predicted molar refractivity (Wildman–Crippen MR) is 47.1 cm³/mol. The van der Waals surface area contributed by atoms with Crippen LogP contribution in [-0.4, -0.2) is 11.6 Å². The van der Waals surface area contributed by atoms with Gasteiger partial charge in [-0.15, -0.1) is 0 Å². The van der Waals surface area contributed by atoms with E-state index in [-0.39, 0.29) is 28.3 Å². The zero-order chi connectivity index (χ0) is 9.43. The molecule has 0 aromatic carbocycles. The van der Waals surface area contributed by atoms with Gasteiger partial charge in [-0.05, 0) is 23.2 Å². The smallest absolute Gasteiger partial charge is 0.143 e. The molecule has 0 aromatic rings. The number of hydrogen-bond donors (Lipinski definition) is 0. The largest absolute Gasteiger partial charge is 0.299 e. The Bertz CT molecular complexity index is 303. The van der Waals surface area contributed by atoms with Gasteiger partial charge in [-0.2, -0.15) is 0 Å². The molecule has 3 aliphatic rings. The summed E-state index contributed by atoms with van der Waals surface area (Å²) in [5.41, 5.74) is 0.347. The molecule has 0 spiro atoms. The van der Waals surface area contributed by atoms with Crippen molar-refractivity contribution < 1.29 is 9.59 Å². The third-order valence-corrected chi connectivity index (χ3v) is 5.09. The number of hydrogen-bond acceptors (Lipinski definition) is 2. The summed E-state index contributed by atoms with van der Waals surface area (Å²) in [5.74, 6) is 0.865. The summed E-state index contributed by atoms with van der Waals surface area (Å²) in [4.78, 5) is 23.3. The molecule has 0 radical (unpaired) electrons. The lowest BCUT2D eigenvalue weighted by molar-refractivity contribution is -0.135. The molecule has 0 N–H and O–H groups in total. The minimum absolute atomic E-state index is 0.173. The number of ketones is 2. The molecule has 2 nitrogen and oxygen atoms in total. The molecule has 3 rings (SSSR count). The van der Waals surface area contributed by atoms with E-state index in [0.717, 1.165) is 6.42 Å². The molecule has 0 saturated heterocycles. The maximum absolute atomic E-state index is 11.6. The molecule has 0 aliphatic heterocycles. The lowest BCUT2D eigenvalue weighted by atomic mass is 9.78. The summed E-state index contributed by atoms with van der Waals surface area (Å²) in [6.07, 6.45) is 2.17. The molecule has 3 saturated carbocycles. The Hall–Kier alpha value is -0.660. The fourth-order valence-corrected chi connectivity index (χ4v) is 3.89. The monoisotopic (exact) mass is 178 g/mol. The first-order valence-electron chi connectivity index (χ1n) is 5.04. The van der Waals surface area contributed by atoms with E-state index in [2.05, 4.69) is 13.8 Å². The first-order valence-corrected chi connectivity index (χ1v) is 5.04. The van der Waals surface area contributed by atoms with Crippen LogP contribution in [-0.2, 0) is 9.59 Å². The Labute approximate surface area is 77.7 Å². The highest BCUT2D eigenvalue weighted by molar-refractivity contribution is 6.06. The van der Waals surface area contributed by atoms with E-state index in [9.17, 15) is 9.59 Å². The standard InChI is InChI=1S/C11H14O2/c1-10-4-7(12)6-3-9(10)11(10,2)5-8(6)13/h6,9H,3-5H2,1-2H3. The average molecular weight is 178 g/mol. The number of carbonyl (C=O) groups is 2. The zero-order valence-corrected chi connectivity index (χ0v) is 8.09. The fraction of sp³-hybridized carbons (Fsp3) is 0.818. The van der Waals surface area contributed by atoms with E-state index >= 15 is 0 Å². The topological polar surface area (TPSA) is 34.1 Å². The first-order chi connectivity index (χ1) is 5.99. The van der Waals surface area contributed by atoms with Crippen LogP contribution >= 0.6 is 0 Å². The highest BCUT2D eigenvalue weighted by Crippen LogP contribution is 2.78. The van der Waals surface area contributed by atoms with Gasteiger partial charge in [-0.25, -0.2) is 0 Å². The second kappa shape index (κ2) is 1.75. The van der Waals surface area contributed by atoms with Gasteiger partial charge in [0.25, 0.3) is 0 Å². The van der Waals surface area contributed by atoms with Crippen LogP contribution in [0.25, 0.3) is 0 Å². The van der Waals surface area contributed by atoms with Crippen LogP contribution in [0.15, 0.2) is 0 Å². The summed E-state index contributed by atoms with van der Waals surface area (Å²) in [6.45, 7) is 4.37. The second-order valence-corrected chi connectivity index (χ2v) is 5.46.